The second-order valence-corrected chi connectivity index (χ2v) is 27.6. The molecule has 27 nitrogen and oxygen atoms in total. The maximum Gasteiger partial charge on any atom is 0.202 e. The van der Waals surface area contributed by atoms with Gasteiger partial charge in [0.25, 0.3) is 0 Å². The maximum absolute atomic E-state index is 13.6. The largest absolute Gasteiger partial charge is 0.508 e. The number of carbonyl (C=O) groups is 6. The minimum atomic E-state index is -2.24. The van der Waals surface area contributed by atoms with Crippen LogP contribution in [0.4, 0.5) is 0 Å². The lowest BCUT2D eigenvalue weighted by Gasteiger charge is -2.42. The standard InChI is InChI=1S/2C27H29NO11.C26H29NO2.ClH/c2*1-10-22(31)13(28)6-17(38-10)39-15-8-27(36,16(30)9-29)7-12-19(15)26(35)21-20(24(12)33)23(32)11-4-3-5-14(37-2)18(11)25(21)34;1-4-25(20-9-6-5-7-10-20)26(22-11-8-12-23(28)19-22)21-13-15-24(16-14-21)29-18-17-27(2)3;/h2*3-5,10,13,15,17,22,29,31,33,35-36H,6-9,28H2,1-2H3;5-16,19,28H,4,17-18H2,1-3H3;1H/b;;26-25+;/t10?,13?,15-,17?,22?,27-;10-,13-,15-,17-,22+,27-;;/m00../s1. The van der Waals surface area contributed by atoms with Gasteiger partial charge in [0, 0.05) is 90.5 Å². The Kier molecular flexibility index (Phi) is 24.8. The molecule has 0 saturated carbocycles. The van der Waals surface area contributed by atoms with Crippen molar-refractivity contribution >= 4 is 58.3 Å². The normalized spacial score (nSPS) is 24.8. The van der Waals surface area contributed by atoms with E-state index >= 15 is 0 Å². The molecule has 2 fully saturated rings. The Balaban J connectivity index is 0.000000174. The summed E-state index contributed by atoms with van der Waals surface area (Å²) >= 11 is 0. The fourth-order valence-electron chi connectivity index (χ4n) is 14.9. The van der Waals surface area contributed by atoms with Crippen molar-refractivity contribution in [2.45, 2.75) is 138 Å². The number of carbonyl (C=O) groups excluding carboxylic acids is 6. The molecule has 2 heterocycles. The van der Waals surface area contributed by atoms with Gasteiger partial charge in [-0.3, -0.25) is 28.8 Å². The van der Waals surface area contributed by atoms with E-state index in [1.165, 1.54) is 61.8 Å². The third kappa shape index (κ3) is 15.5. The van der Waals surface area contributed by atoms with E-state index in [9.17, 15) is 84.9 Å². The maximum atomic E-state index is 13.6. The third-order valence-electron chi connectivity index (χ3n) is 20.5. The van der Waals surface area contributed by atoms with Crippen molar-refractivity contribution in [2.75, 3.05) is 54.7 Å². The molecule has 13 rings (SSSR count). The number of fused-ring (bicyclic) bond motifs is 6. The molecule has 574 valence electrons. The van der Waals surface area contributed by atoms with Crippen LogP contribution in [0.5, 0.6) is 46.0 Å². The molecule has 2 aliphatic heterocycles. The van der Waals surface area contributed by atoms with Crippen LogP contribution in [0.3, 0.4) is 0 Å². The average Bonchev–Trinajstić information content (AvgIpc) is 0.715. The summed E-state index contributed by atoms with van der Waals surface area (Å²) in [4.78, 5) is 81.6. The van der Waals surface area contributed by atoms with Gasteiger partial charge in [-0.15, -0.1) is 12.4 Å². The molecule has 4 unspecified atom stereocenters. The number of ether oxygens (including phenoxy) is 7. The Labute approximate surface area is 627 Å². The first-order valence-corrected chi connectivity index (χ1v) is 34.9. The highest BCUT2D eigenvalue weighted by Crippen LogP contribution is 2.55. The predicted octanol–water partition coefficient (Wildman–Crippen LogP) is 6.13. The van der Waals surface area contributed by atoms with Crippen LogP contribution in [0.25, 0.3) is 11.1 Å². The van der Waals surface area contributed by atoms with Gasteiger partial charge in [-0.05, 0) is 98.6 Å². The van der Waals surface area contributed by atoms with Crippen LogP contribution in [0.1, 0.15) is 168 Å². The van der Waals surface area contributed by atoms with Gasteiger partial charge >= 0.3 is 0 Å². The summed E-state index contributed by atoms with van der Waals surface area (Å²) in [5.74, 6) is -6.41. The van der Waals surface area contributed by atoms with Gasteiger partial charge in [0.05, 0.1) is 84.2 Å². The lowest BCUT2D eigenvalue weighted by molar-refractivity contribution is -0.247. The Bertz CT molecular complexity index is 4410. The number of nitrogens with two attached hydrogens (primary N) is 2. The fraction of sp³-hybridized carbons (Fsp3) is 0.375. The molecule has 15 N–H and O–H groups in total. The van der Waals surface area contributed by atoms with E-state index in [0.29, 0.717) is 6.61 Å². The van der Waals surface area contributed by atoms with Crippen LogP contribution >= 0.6 is 12.4 Å². The Hall–Kier alpha value is -9.53. The number of halogens is 1. The Morgan fingerprint density at radius 2 is 0.981 bits per heavy atom. The molecule has 6 aliphatic rings. The van der Waals surface area contributed by atoms with E-state index < -0.39 is 191 Å². The molecule has 0 amide bonds. The first-order chi connectivity index (χ1) is 50.9. The first-order valence-electron chi connectivity index (χ1n) is 34.9. The van der Waals surface area contributed by atoms with E-state index in [1.54, 1.807) is 19.9 Å². The van der Waals surface area contributed by atoms with Gasteiger partial charge < -0.3 is 106 Å². The molecule has 0 spiro atoms. The van der Waals surface area contributed by atoms with Crippen LogP contribution in [0.15, 0.2) is 115 Å². The molecule has 28 heteroatoms. The minimum absolute atomic E-state index is 0. The monoisotopic (exact) mass is 1510 g/mol. The minimum Gasteiger partial charge on any atom is -0.508 e. The summed E-state index contributed by atoms with van der Waals surface area (Å²) in [5, 5.41) is 117. The SMILES string of the molecule is CC/C(=C(/c1ccc(OCCN(C)C)cc1)c1cccc(O)c1)c1ccccc1.COc1cccc2c1C(=O)c1c(O)c3c(c(O)c1C2=O)C[C@@](O)(C(=O)CO)C[C@@H]3OC1CC(N)C(O)C(C)O1.COc1cccc2c1C(=O)c1c(O)c3c(c(O)c1C2=O)C[C@@](O)(C(=O)CO)C[C@@H]3O[C@H]1C[C@H](N)[C@H](O)[C@H](C)O1.Cl. The van der Waals surface area contributed by atoms with Crippen molar-refractivity contribution < 1.29 is 118 Å². The zero-order valence-corrected chi connectivity index (χ0v) is 61.1. The van der Waals surface area contributed by atoms with Crippen molar-refractivity contribution in [2.24, 2.45) is 11.5 Å². The number of aliphatic hydroxyl groups is 6. The molecule has 0 bridgehead atoms. The number of likely N-dealkylation sites (N-methyl/N-ethyl adjacent to an activating group) is 1. The number of phenolic OH excluding ortho intramolecular Hbond substituents is 5. The van der Waals surface area contributed by atoms with Crippen molar-refractivity contribution in [3.8, 4) is 46.0 Å². The number of allylic oxidation sites excluding steroid dienone is 1. The van der Waals surface area contributed by atoms with Gasteiger partial charge in [0.15, 0.2) is 35.7 Å². The lowest BCUT2D eigenvalue weighted by atomic mass is 9.72. The number of benzene rings is 7. The zero-order valence-electron chi connectivity index (χ0n) is 60.3. The molecular weight excluding hydrogens is 1420 g/mol. The number of rotatable bonds is 18. The number of nitrogens with zero attached hydrogens (tertiary/aromatic N) is 1. The topological polar surface area (TPSA) is 445 Å². The number of aromatic hydroxyl groups is 5. The highest BCUT2D eigenvalue weighted by Gasteiger charge is 2.53. The summed E-state index contributed by atoms with van der Waals surface area (Å²) in [6, 6.07) is 33.4. The van der Waals surface area contributed by atoms with Gasteiger partial charge in [0.2, 0.25) is 11.6 Å². The van der Waals surface area contributed by atoms with E-state index in [2.05, 4.69) is 54.3 Å². The Morgan fingerprint density at radius 3 is 1.38 bits per heavy atom. The molecule has 0 radical (unpaired) electrons. The van der Waals surface area contributed by atoms with Crippen LogP contribution in [0, 0.1) is 0 Å². The van der Waals surface area contributed by atoms with Crippen LogP contribution in [-0.2, 0) is 41.4 Å². The molecule has 2 saturated heterocycles. The van der Waals surface area contributed by atoms with Crippen molar-refractivity contribution in [1.82, 2.24) is 4.90 Å². The van der Waals surface area contributed by atoms with Gasteiger partial charge in [-0.2, -0.15) is 0 Å². The number of phenols is 5. The number of hydrogen-bond acceptors (Lipinski definition) is 27. The number of hydrogen-bond donors (Lipinski definition) is 13. The molecule has 7 aromatic carbocycles. The highest BCUT2D eigenvalue weighted by molar-refractivity contribution is 6.32. The number of methoxy groups -OCH3 is 2. The summed E-state index contributed by atoms with van der Waals surface area (Å²) in [5.41, 5.74) is 10.4. The molecule has 0 aromatic heterocycles. The fourth-order valence-corrected chi connectivity index (χ4v) is 14.9. The van der Waals surface area contributed by atoms with Crippen molar-refractivity contribution in [3.63, 3.8) is 0 Å². The number of Topliss-reactive ketones (excluding diaryl/α,β-unsaturated/α-hetero) is 2. The molecular formula is C80H88ClN3O24. The Morgan fingerprint density at radius 1 is 0.556 bits per heavy atom. The summed E-state index contributed by atoms with van der Waals surface area (Å²) in [7, 11) is 6.72. The lowest BCUT2D eigenvalue weighted by Crippen LogP contribution is -2.53. The molecule has 12 atom stereocenters. The highest BCUT2D eigenvalue weighted by atomic mass is 35.5. The quantitative estimate of drug-likeness (QED) is 0.0339. The van der Waals surface area contributed by atoms with Gasteiger partial charge in [-0.1, -0.05) is 85.8 Å². The molecule has 7 aromatic rings. The summed E-state index contributed by atoms with van der Waals surface area (Å²) in [6.07, 6.45) is -9.36. The van der Waals surface area contributed by atoms with Crippen LogP contribution in [0.2, 0.25) is 0 Å². The van der Waals surface area contributed by atoms with E-state index in [-0.39, 0.29) is 87.0 Å². The molecule has 4 aliphatic carbocycles. The van der Waals surface area contributed by atoms with Gasteiger partial charge in [0.1, 0.15) is 77.0 Å². The smallest absolute Gasteiger partial charge is 0.202 e. The van der Waals surface area contributed by atoms with E-state index in [0.717, 1.165) is 35.4 Å². The van der Waals surface area contributed by atoms with Crippen molar-refractivity contribution in [3.05, 3.63) is 199 Å². The summed E-state index contributed by atoms with van der Waals surface area (Å²) < 4.78 is 39.8. The number of ketones is 6. The predicted molar refractivity (Wildman–Crippen MR) is 392 cm³/mol. The second kappa shape index (κ2) is 33.1. The number of aliphatic hydroxyl groups excluding tert-OH is 4. The van der Waals surface area contributed by atoms with Crippen molar-refractivity contribution in [1.29, 1.82) is 0 Å². The molecule has 108 heavy (non-hydrogen) atoms. The van der Waals surface area contributed by atoms with E-state index in [1.807, 2.05) is 44.4 Å². The summed E-state index contributed by atoms with van der Waals surface area (Å²) in [6.45, 7) is 4.83. The zero-order chi connectivity index (χ0) is 77.4. The first kappa shape index (κ1) is 81.0. The third-order valence-corrected chi connectivity index (χ3v) is 20.5. The second-order valence-electron chi connectivity index (χ2n) is 27.6. The van der Waals surface area contributed by atoms with E-state index in [4.69, 9.17) is 44.6 Å². The average molecular weight is 1510 g/mol. The van der Waals surface area contributed by atoms with Gasteiger partial charge in [-0.25, -0.2) is 0 Å². The van der Waals surface area contributed by atoms with Crippen LogP contribution < -0.4 is 25.7 Å². The van der Waals surface area contributed by atoms with Crippen LogP contribution in [-0.4, -0.2) is 211 Å².